The van der Waals surface area contributed by atoms with Crippen molar-refractivity contribution in [3.05, 3.63) is 17.5 Å². The number of β-amino-alcohol motifs (C(OH)–C–C–N with tert-alkyl or cyclic N) is 1. The van der Waals surface area contributed by atoms with Crippen LogP contribution in [0.15, 0.2) is 10.6 Å². The van der Waals surface area contributed by atoms with E-state index in [1.165, 1.54) is 0 Å². The lowest BCUT2D eigenvalue weighted by molar-refractivity contribution is -0.141. The number of amides is 1. The van der Waals surface area contributed by atoms with Crippen molar-refractivity contribution in [3.8, 4) is 0 Å². The number of carboxylic acid groups (broad SMARTS) is 1. The fourth-order valence-electron chi connectivity index (χ4n) is 2.37. The molecular formula is C12H14N2O5. The molecule has 1 aliphatic carbocycles. The van der Waals surface area contributed by atoms with E-state index in [1.807, 2.05) is 0 Å². The Labute approximate surface area is 108 Å². The van der Waals surface area contributed by atoms with Crippen molar-refractivity contribution < 1.29 is 24.3 Å². The van der Waals surface area contributed by atoms with Gasteiger partial charge in [-0.15, -0.1) is 0 Å². The van der Waals surface area contributed by atoms with E-state index in [9.17, 15) is 14.7 Å². The van der Waals surface area contributed by atoms with Crippen molar-refractivity contribution in [2.24, 2.45) is 0 Å². The third-order valence-corrected chi connectivity index (χ3v) is 3.55. The molecule has 0 aromatic carbocycles. The molecule has 102 valence electrons. The second kappa shape index (κ2) is 4.34. The Balaban J connectivity index is 1.79. The first-order valence-corrected chi connectivity index (χ1v) is 6.24. The average molecular weight is 266 g/mol. The first kappa shape index (κ1) is 12.2. The van der Waals surface area contributed by atoms with Gasteiger partial charge in [-0.1, -0.05) is 5.16 Å². The van der Waals surface area contributed by atoms with Crippen LogP contribution in [0.3, 0.4) is 0 Å². The Morgan fingerprint density at radius 2 is 2.16 bits per heavy atom. The lowest BCUT2D eigenvalue weighted by atomic mass is 10.2. The van der Waals surface area contributed by atoms with Crippen LogP contribution in [0.4, 0.5) is 0 Å². The smallest absolute Gasteiger partial charge is 0.326 e. The van der Waals surface area contributed by atoms with Crippen molar-refractivity contribution in [2.75, 3.05) is 6.54 Å². The van der Waals surface area contributed by atoms with Gasteiger partial charge >= 0.3 is 5.97 Å². The normalized spacial score (nSPS) is 26.7. The Hall–Kier alpha value is -1.89. The Kier molecular flexibility index (Phi) is 2.78. The minimum absolute atomic E-state index is 0.0153. The number of rotatable bonds is 3. The van der Waals surface area contributed by atoms with Gasteiger partial charge in [0.25, 0.3) is 5.91 Å². The van der Waals surface area contributed by atoms with E-state index in [0.29, 0.717) is 11.7 Å². The number of aliphatic hydroxyl groups excluding tert-OH is 1. The summed E-state index contributed by atoms with van der Waals surface area (Å²) in [5.41, 5.74) is 0.113. The van der Waals surface area contributed by atoms with Crippen LogP contribution in [0.5, 0.6) is 0 Å². The zero-order valence-corrected chi connectivity index (χ0v) is 10.2. The molecule has 1 saturated heterocycles. The number of hydrogen-bond donors (Lipinski definition) is 2. The summed E-state index contributed by atoms with van der Waals surface area (Å²) in [6.07, 6.45) is 1.31. The molecule has 1 aromatic heterocycles. The highest BCUT2D eigenvalue weighted by Gasteiger charge is 2.40. The molecule has 2 heterocycles. The van der Waals surface area contributed by atoms with Gasteiger partial charge in [-0.25, -0.2) is 4.79 Å². The van der Waals surface area contributed by atoms with E-state index in [2.05, 4.69) is 5.16 Å². The molecule has 2 atom stereocenters. The Morgan fingerprint density at radius 3 is 2.79 bits per heavy atom. The molecule has 0 bridgehead atoms. The number of carbonyl (C=O) groups is 2. The minimum Gasteiger partial charge on any atom is -0.480 e. The lowest BCUT2D eigenvalue weighted by Crippen LogP contribution is -2.40. The Bertz CT molecular complexity index is 522. The molecule has 7 nitrogen and oxygen atoms in total. The summed E-state index contributed by atoms with van der Waals surface area (Å²) in [6, 6.07) is 0.576. The summed E-state index contributed by atoms with van der Waals surface area (Å²) in [5.74, 6) is -0.598. The van der Waals surface area contributed by atoms with Crippen LogP contribution in [0, 0.1) is 0 Å². The summed E-state index contributed by atoms with van der Waals surface area (Å²) < 4.78 is 5.08. The molecule has 2 N–H and O–H groups in total. The number of aliphatic hydroxyl groups is 1. The molecule has 2 aliphatic rings. The van der Waals surface area contributed by atoms with E-state index in [-0.39, 0.29) is 18.7 Å². The van der Waals surface area contributed by atoms with Crippen molar-refractivity contribution in [1.29, 1.82) is 0 Å². The monoisotopic (exact) mass is 266 g/mol. The van der Waals surface area contributed by atoms with Crippen LogP contribution < -0.4 is 0 Å². The number of aliphatic carboxylic acids is 1. The molecule has 0 spiro atoms. The van der Waals surface area contributed by atoms with Crippen LogP contribution in [0.1, 0.15) is 41.4 Å². The highest BCUT2D eigenvalue weighted by molar-refractivity contribution is 5.95. The number of nitrogens with zero attached hydrogens (tertiary/aromatic N) is 2. The van der Waals surface area contributed by atoms with E-state index in [4.69, 9.17) is 9.63 Å². The van der Waals surface area contributed by atoms with E-state index in [0.717, 1.165) is 17.7 Å². The molecular weight excluding hydrogens is 252 g/mol. The molecule has 2 fully saturated rings. The topological polar surface area (TPSA) is 104 Å². The highest BCUT2D eigenvalue weighted by Crippen LogP contribution is 2.40. The van der Waals surface area contributed by atoms with Gasteiger partial charge in [0, 0.05) is 24.9 Å². The zero-order chi connectivity index (χ0) is 13.6. The molecule has 3 rings (SSSR count). The third-order valence-electron chi connectivity index (χ3n) is 3.55. The number of hydrogen-bond acceptors (Lipinski definition) is 5. The van der Waals surface area contributed by atoms with E-state index < -0.39 is 24.0 Å². The van der Waals surface area contributed by atoms with Gasteiger partial charge in [0.2, 0.25) is 0 Å². The summed E-state index contributed by atoms with van der Waals surface area (Å²) in [5, 5.41) is 22.3. The van der Waals surface area contributed by atoms with Gasteiger partial charge in [0.1, 0.15) is 11.8 Å². The molecule has 1 aliphatic heterocycles. The maximum atomic E-state index is 12.2. The standard InChI is InChI=1S/C12H14N2O5/c15-7-3-9(12(17)18)14(5-7)11(16)8-4-10(19-13-8)6-1-2-6/h4,6-7,9,15H,1-3,5H2,(H,17,18)/t7-,9-/m1/s1. The third kappa shape index (κ3) is 2.21. The number of carboxylic acids is 1. The molecule has 19 heavy (non-hydrogen) atoms. The minimum atomic E-state index is -1.11. The van der Waals surface area contributed by atoms with Gasteiger partial charge < -0.3 is 19.6 Å². The second-order valence-electron chi connectivity index (χ2n) is 5.09. The molecule has 1 amide bonds. The molecule has 7 heteroatoms. The molecule has 1 aromatic rings. The fraction of sp³-hybridized carbons (Fsp3) is 0.583. The predicted molar refractivity (Wildman–Crippen MR) is 61.6 cm³/mol. The average Bonchev–Trinajstić information content (AvgIpc) is 2.96. The van der Waals surface area contributed by atoms with Crippen LogP contribution in [0.25, 0.3) is 0 Å². The highest BCUT2D eigenvalue weighted by atomic mass is 16.5. The van der Waals surface area contributed by atoms with E-state index in [1.54, 1.807) is 6.07 Å². The summed E-state index contributed by atoms with van der Waals surface area (Å²) >= 11 is 0. The van der Waals surface area contributed by atoms with Gasteiger partial charge in [-0.05, 0) is 12.8 Å². The largest absolute Gasteiger partial charge is 0.480 e. The predicted octanol–water partition coefficient (Wildman–Crippen LogP) is 0.212. The SMILES string of the molecule is O=C(O)[C@H]1C[C@@H](O)CN1C(=O)c1cc(C2CC2)on1. The van der Waals surface area contributed by atoms with Crippen molar-refractivity contribution in [2.45, 2.75) is 37.3 Å². The summed E-state index contributed by atoms with van der Waals surface area (Å²) in [6.45, 7) is 0.0153. The number of carbonyl (C=O) groups excluding carboxylic acids is 1. The lowest BCUT2D eigenvalue weighted by Gasteiger charge is -2.19. The van der Waals surface area contributed by atoms with Crippen molar-refractivity contribution in [1.82, 2.24) is 10.1 Å². The summed E-state index contributed by atoms with van der Waals surface area (Å²) in [7, 11) is 0. The summed E-state index contributed by atoms with van der Waals surface area (Å²) in [4.78, 5) is 24.4. The first-order valence-electron chi connectivity index (χ1n) is 6.24. The maximum Gasteiger partial charge on any atom is 0.326 e. The fourth-order valence-corrected chi connectivity index (χ4v) is 2.37. The molecule has 0 unspecified atom stereocenters. The van der Waals surface area contributed by atoms with Crippen LogP contribution in [-0.4, -0.2) is 50.8 Å². The molecule has 1 saturated carbocycles. The van der Waals surface area contributed by atoms with Crippen molar-refractivity contribution >= 4 is 11.9 Å². The van der Waals surface area contributed by atoms with Crippen LogP contribution in [0.2, 0.25) is 0 Å². The van der Waals surface area contributed by atoms with Crippen molar-refractivity contribution in [3.63, 3.8) is 0 Å². The van der Waals surface area contributed by atoms with E-state index >= 15 is 0 Å². The zero-order valence-electron chi connectivity index (χ0n) is 10.2. The van der Waals surface area contributed by atoms with Crippen LogP contribution >= 0.6 is 0 Å². The quantitative estimate of drug-likeness (QED) is 0.810. The second-order valence-corrected chi connectivity index (χ2v) is 5.09. The number of likely N-dealkylation sites (tertiary alicyclic amines) is 1. The maximum absolute atomic E-state index is 12.2. The van der Waals surface area contributed by atoms with Gasteiger partial charge in [-0.2, -0.15) is 0 Å². The van der Waals surface area contributed by atoms with Gasteiger partial charge in [0.05, 0.1) is 6.10 Å². The number of aromatic nitrogens is 1. The Morgan fingerprint density at radius 1 is 1.42 bits per heavy atom. The van der Waals surface area contributed by atoms with Gasteiger partial charge in [0.15, 0.2) is 5.69 Å². The van der Waals surface area contributed by atoms with Gasteiger partial charge in [-0.3, -0.25) is 4.79 Å². The molecule has 0 radical (unpaired) electrons. The first-order chi connectivity index (χ1) is 9.06. The van der Waals surface area contributed by atoms with Crippen LogP contribution in [-0.2, 0) is 4.79 Å².